The Labute approximate surface area is 181 Å². The number of hydrogen-bond donors (Lipinski definition) is 2. The Kier molecular flexibility index (Phi) is 5.46. The molecule has 0 aliphatic carbocycles. The van der Waals surface area contributed by atoms with Crippen molar-refractivity contribution in [1.29, 1.82) is 0 Å². The zero-order valence-electron chi connectivity index (χ0n) is 16.4. The predicted molar refractivity (Wildman–Crippen MR) is 119 cm³/mol. The third-order valence-electron chi connectivity index (χ3n) is 4.51. The van der Waals surface area contributed by atoms with E-state index in [2.05, 4.69) is 26.2 Å². The number of hydrogen-bond acceptors (Lipinski definition) is 5. The zero-order chi connectivity index (χ0) is 21.3. The van der Waals surface area contributed by atoms with E-state index in [0.29, 0.717) is 28.5 Å². The number of fused-ring (bicyclic) bond motifs is 1. The van der Waals surface area contributed by atoms with Gasteiger partial charge in [-0.25, -0.2) is 4.98 Å². The highest BCUT2D eigenvalue weighted by Gasteiger charge is 2.15. The topological polar surface area (TPSA) is 84.6 Å². The van der Waals surface area contributed by atoms with Crippen molar-refractivity contribution in [1.82, 2.24) is 4.98 Å². The fraction of sp³-hybridized carbons (Fsp3) is 0.130. The summed E-state index contributed by atoms with van der Waals surface area (Å²) in [6.07, 6.45) is 0. The minimum atomic E-state index is -0.321. The van der Waals surface area contributed by atoms with Crippen LogP contribution in [0.3, 0.4) is 0 Å². The van der Waals surface area contributed by atoms with Crippen molar-refractivity contribution >= 4 is 38.6 Å². The summed E-state index contributed by atoms with van der Waals surface area (Å²) in [5.41, 5.74) is 4.34. The number of nitrogens with one attached hydrogen (secondary N) is 1. The fourth-order valence-electron chi connectivity index (χ4n) is 3.15. The summed E-state index contributed by atoms with van der Waals surface area (Å²) < 4.78 is 12.3. The number of halogens is 1. The van der Waals surface area contributed by atoms with E-state index in [1.807, 2.05) is 38.1 Å². The molecule has 1 amide bonds. The zero-order valence-corrected chi connectivity index (χ0v) is 18.0. The van der Waals surface area contributed by atoms with Gasteiger partial charge in [-0.2, -0.15) is 0 Å². The molecule has 0 saturated heterocycles. The number of carbonyl (C=O) groups excluding carboxylic acids is 1. The van der Waals surface area contributed by atoms with Gasteiger partial charge in [-0.05, 0) is 73.5 Å². The van der Waals surface area contributed by atoms with Gasteiger partial charge in [0.2, 0.25) is 5.89 Å². The molecule has 0 saturated carbocycles. The minimum absolute atomic E-state index is 0.0139. The van der Waals surface area contributed by atoms with E-state index in [-0.39, 0.29) is 18.3 Å². The number of carbonyl (C=O) groups is 1. The van der Waals surface area contributed by atoms with Crippen molar-refractivity contribution in [3.05, 3.63) is 70.2 Å². The Balaban J connectivity index is 1.52. The average Bonchev–Trinajstić information content (AvgIpc) is 3.13. The number of aryl methyl sites for hydroxylation is 2. The van der Waals surface area contributed by atoms with Crippen LogP contribution >= 0.6 is 15.9 Å². The highest BCUT2D eigenvalue weighted by molar-refractivity contribution is 9.10. The van der Waals surface area contributed by atoms with Crippen LogP contribution in [-0.4, -0.2) is 22.6 Å². The maximum Gasteiger partial charge on any atom is 0.262 e. The van der Waals surface area contributed by atoms with Crippen molar-refractivity contribution in [3.63, 3.8) is 0 Å². The lowest BCUT2D eigenvalue weighted by molar-refractivity contribution is -0.118. The molecule has 0 aliphatic rings. The van der Waals surface area contributed by atoms with Gasteiger partial charge in [-0.1, -0.05) is 22.0 Å². The van der Waals surface area contributed by atoms with Gasteiger partial charge in [-0.15, -0.1) is 0 Å². The number of amides is 1. The maximum atomic E-state index is 12.3. The van der Waals surface area contributed by atoms with Gasteiger partial charge >= 0.3 is 0 Å². The molecular formula is C23H19BrN2O4. The standard InChI is InChI=1S/C23H19BrN2O4/c1-13-9-14(2)22-19(10-13)26-23(30-22)18-11-16(5-8-20(18)27)25-21(28)12-29-17-6-3-15(24)4-7-17/h3-11,27H,12H2,1-2H3,(H,25,28). The van der Waals surface area contributed by atoms with E-state index >= 15 is 0 Å². The number of oxazole rings is 1. The lowest BCUT2D eigenvalue weighted by Gasteiger charge is -2.09. The quantitative estimate of drug-likeness (QED) is 0.374. The lowest BCUT2D eigenvalue weighted by atomic mass is 10.1. The van der Waals surface area contributed by atoms with Crippen LogP contribution in [0.15, 0.2) is 63.5 Å². The number of ether oxygens (including phenoxy) is 1. The molecule has 6 nitrogen and oxygen atoms in total. The van der Waals surface area contributed by atoms with E-state index in [9.17, 15) is 9.90 Å². The van der Waals surface area contributed by atoms with E-state index in [1.54, 1.807) is 24.3 Å². The molecule has 0 bridgehead atoms. The SMILES string of the molecule is Cc1cc(C)c2oc(-c3cc(NC(=O)COc4ccc(Br)cc4)ccc3O)nc2c1. The van der Waals surface area contributed by atoms with E-state index in [1.165, 1.54) is 6.07 Å². The van der Waals surface area contributed by atoms with Gasteiger partial charge in [0.25, 0.3) is 5.91 Å². The Hall–Kier alpha value is -3.32. The van der Waals surface area contributed by atoms with Crippen molar-refractivity contribution in [2.45, 2.75) is 13.8 Å². The average molecular weight is 467 g/mol. The Morgan fingerprint density at radius 1 is 1.13 bits per heavy atom. The van der Waals surface area contributed by atoms with E-state index in [4.69, 9.17) is 9.15 Å². The number of anilines is 1. The monoisotopic (exact) mass is 466 g/mol. The number of phenolic OH excluding ortho intramolecular Hbond substituents is 1. The molecule has 2 N–H and O–H groups in total. The third kappa shape index (κ3) is 4.31. The molecule has 3 aromatic carbocycles. The second kappa shape index (κ2) is 8.20. The Morgan fingerprint density at radius 2 is 1.90 bits per heavy atom. The molecule has 0 atom stereocenters. The molecule has 1 heterocycles. The first-order chi connectivity index (χ1) is 14.4. The summed E-state index contributed by atoms with van der Waals surface area (Å²) in [6.45, 7) is 3.80. The van der Waals surface area contributed by atoms with Gasteiger partial charge in [0, 0.05) is 10.2 Å². The number of phenols is 1. The van der Waals surface area contributed by atoms with Crippen molar-refractivity contribution in [2.75, 3.05) is 11.9 Å². The molecule has 0 unspecified atom stereocenters. The van der Waals surface area contributed by atoms with Crippen LogP contribution in [0.4, 0.5) is 5.69 Å². The van der Waals surface area contributed by atoms with E-state index in [0.717, 1.165) is 21.1 Å². The van der Waals surface area contributed by atoms with Gasteiger partial charge in [0.05, 0.1) is 5.56 Å². The molecule has 4 aromatic rings. The van der Waals surface area contributed by atoms with Crippen LogP contribution in [-0.2, 0) is 4.79 Å². The largest absolute Gasteiger partial charge is 0.507 e. The molecule has 0 radical (unpaired) electrons. The van der Waals surface area contributed by atoms with Gasteiger partial charge in [-0.3, -0.25) is 4.79 Å². The number of aromatic nitrogens is 1. The molecule has 30 heavy (non-hydrogen) atoms. The highest BCUT2D eigenvalue weighted by Crippen LogP contribution is 2.34. The summed E-state index contributed by atoms with van der Waals surface area (Å²) >= 11 is 3.35. The molecular weight excluding hydrogens is 448 g/mol. The number of nitrogens with zero attached hydrogens (tertiary/aromatic N) is 1. The molecule has 152 valence electrons. The first-order valence-electron chi connectivity index (χ1n) is 9.28. The molecule has 0 aliphatic heterocycles. The predicted octanol–water partition coefficient (Wildman–Crippen LogP) is 5.60. The molecule has 7 heteroatoms. The summed E-state index contributed by atoms with van der Waals surface area (Å²) in [5, 5.41) is 13.1. The second-order valence-electron chi connectivity index (χ2n) is 6.97. The number of benzene rings is 3. The second-order valence-corrected chi connectivity index (χ2v) is 7.89. The Morgan fingerprint density at radius 3 is 2.67 bits per heavy atom. The highest BCUT2D eigenvalue weighted by atomic mass is 79.9. The lowest BCUT2D eigenvalue weighted by Crippen LogP contribution is -2.20. The molecule has 4 rings (SSSR count). The van der Waals surface area contributed by atoms with E-state index < -0.39 is 0 Å². The van der Waals surface area contributed by atoms with Crippen LogP contribution in [0.2, 0.25) is 0 Å². The van der Waals surface area contributed by atoms with Crippen molar-refractivity contribution in [2.24, 2.45) is 0 Å². The van der Waals surface area contributed by atoms with Crippen LogP contribution < -0.4 is 10.1 Å². The normalized spacial score (nSPS) is 10.9. The van der Waals surface area contributed by atoms with Crippen molar-refractivity contribution < 1.29 is 19.1 Å². The first-order valence-corrected chi connectivity index (χ1v) is 10.1. The molecule has 1 aromatic heterocycles. The third-order valence-corrected chi connectivity index (χ3v) is 5.04. The smallest absolute Gasteiger partial charge is 0.262 e. The maximum absolute atomic E-state index is 12.3. The number of rotatable bonds is 5. The van der Waals surface area contributed by atoms with Crippen LogP contribution in [0, 0.1) is 13.8 Å². The summed E-state index contributed by atoms with van der Waals surface area (Å²) in [7, 11) is 0. The Bertz CT molecular complexity index is 1230. The summed E-state index contributed by atoms with van der Waals surface area (Å²) in [6, 6.07) is 15.9. The number of aromatic hydroxyl groups is 1. The molecule has 0 fully saturated rings. The minimum Gasteiger partial charge on any atom is -0.507 e. The first kappa shape index (κ1) is 20.0. The van der Waals surface area contributed by atoms with Gasteiger partial charge in [0.1, 0.15) is 17.0 Å². The summed E-state index contributed by atoms with van der Waals surface area (Å²) in [5.74, 6) is 0.578. The van der Waals surface area contributed by atoms with Crippen LogP contribution in [0.5, 0.6) is 11.5 Å². The summed E-state index contributed by atoms with van der Waals surface area (Å²) in [4.78, 5) is 16.8. The van der Waals surface area contributed by atoms with Crippen molar-refractivity contribution in [3.8, 4) is 23.0 Å². The fourth-order valence-corrected chi connectivity index (χ4v) is 3.42. The van der Waals surface area contributed by atoms with Gasteiger partial charge < -0.3 is 19.6 Å². The van der Waals surface area contributed by atoms with Crippen LogP contribution in [0.1, 0.15) is 11.1 Å². The van der Waals surface area contributed by atoms with Gasteiger partial charge in [0.15, 0.2) is 12.2 Å². The van der Waals surface area contributed by atoms with Crippen LogP contribution in [0.25, 0.3) is 22.6 Å². The molecule has 0 spiro atoms.